The predicted molar refractivity (Wildman–Crippen MR) is 77.2 cm³/mol. The molecule has 2 aromatic rings. The lowest BCUT2D eigenvalue weighted by Gasteiger charge is -2.28. The molecule has 0 saturated heterocycles. The van der Waals surface area contributed by atoms with E-state index in [0.29, 0.717) is 11.6 Å². The highest BCUT2D eigenvalue weighted by Crippen LogP contribution is 2.31. The number of fused-ring (bicyclic) bond motifs is 1. The van der Waals surface area contributed by atoms with Crippen molar-refractivity contribution in [3.05, 3.63) is 48.7 Å². The molecule has 0 atom stereocenters. The number of nitrogens with one attached hydrogen (secondary N) is 1. The molecule has 106 valence electrons. The van der Waals surface area contributed by atoms with E-state index in [1.165, 1.54) is 0 Å². The first kappa shape index (κ1) is 13.1. The Hall–Kier alpha value is -2.89. The van der Waals surface area contributed by atoms with Crippen LogP contribution in [0.1, 0.15) is 0 Å². The minimum Gasteiger partial charge on any atom is -0.423 e. The normalized spacial score (nSPS) is 13.3. The number of carbonyl (C=O) groups is 2. The third-order valence-corrected chi connectivity index (χ3v) is 3.02. The number of pyridine rings is 1. The maximum Gasteiger partial charge on any atom is 0.331 e. The molecular weight excluding hydrogens is 270 g/mol. The van der Waals surface area contributed by atoms with Gasteiger partial charge in [0, 0.05) is 6.20 Å². The van der Waals surface area contributed by atoms with Gasteiger partial charge in [0.2, 0.25) is 5.91 Å². The molecule has 1 amide bonds. The van der Waals surface area contributed by atoms with Crippen LogP contribution < -0.4 is 15.0 Å². The van der Waals surface area contributed by atoms with Crippen LogP contribution in [0.4, 0.5) is 11.5 Å². The van der Waals surface area contributed by atoms with Gasteiger partial charge < -0.3 is 15.0 Å². The zero-order valence-corrected chi connectivity index (χ0v) is 11.2. The van der Waals surface area contributed by atoms with E-state index in [9.17, 15) is 9.59 Å². The largest absolute Gasteiger partial charge is 0.423 e. The number of carbonyl (C=O) groups excluding carboxylic acids is 2. The summed E-state index contributed by atoms with van der Waals surface area (Å²) >= 11 is 0. The first-order chi connectivity index (χ1) is 10.2. The first-order valence-electron chi connectivity index (χ1n) is 6.48. The topological polar surface area (TPSA) is 71.5 Å². The van der Waals surface area contributed by atoms with E-state index < -0.39 is 0 Å². The van der Waals surface area contributed by atoms with E-state index >= 15 is 0 Å². The van der Waals surface area contributed by atoms with Crippen molar-refractivity contribution in [1.29, 1.82) is 0 Å². The summed E-state index contributed by atoms with van der Waals surface area (Å²) in [5.74, 6) is 0.340. The van der Waals surface area contributed by atoms with Crippen LogP contribution in [0.15, 0.2) is 48.7 Å². The van der Waals surface area contributed by atoms with Crippen LogP contribution in [0.25, 0.3) is 0 Å². The highest BCUT2D eigenvalue weighted by molar-refractivity contribution is 5.95. The molecule has 1 N–H and O–H groups in total. The van der Waals surface area contributed by atoms with Gasteiger partial charge >= 0.3 is 5.97 Å². The molecular formula is C15H13N3O3. The van der Waals surface area contributed by atoms with Gasteiger partial charge in [0.1, 0.15) is 12.4 Å². The SMILES string of the molecule is O=C(CN1CC(=O)Oc2ccccc21)Nc1ccccn1. The van der Waals surface area contributed by atoms with E-state index in [1.807, 2.05) is 12.1 Å². The lowest BCUT2D eigenvalue weighted by atomic mass is 10.2. The number of anilines is 2. The minimum absolute atomic E-state index is 0.0483. The van der Waals surface area contributed by atoms with Gasteiger partial charge in [-0.15, -0.1) is 0 Å². The number of para-hydroxylation sites is 2. The van der Waals surface area contributed by atoms with E-state index in [2.05, 4.69) is 10.3 Å². The van der Waals surface area contributed by atoms with Crippen LogP contribution in [-0.4, -0.2) is 29.9 Å². The Kier molecular flexibility index (Phi) is 3.51. The van der Waals surface area contributed by atoms with Crippen molar-refractivity contribution in [1.82, 2.24) is 4.98 Å². The van der Waals surface area contributed by atoms with E-state index in [-0.39, 0.29) is 25.0 Å². The summed E-state index contributed by atoms with van der Waals surface area (Å²) in [6, 6.07) is 12.4. The van der Waals surface area contributed by atoms with Crippen LogP contribution in [0, 0.1) is 0 Å². The second-order valence-corrected chi connectivity index (χ2v) is 4.56. The number of amides is 1. The van der Waals surface area contributed by atoms with Crippen LogP contribution in [0.3, 0.4) is 0 Å². The van der Waals surface area contributed by atoms with Crippen molar-refractivity contribution in [2.45, 2.75) is 0 Å². The monoisotopic (exact) mass is 283 g/mol. The summed E-state index contributed by atoms with van der Waals surface area (Å²) in [7, 11) is 0. The van der Waals surface area contributed by atoms with Crippen LogP contribution in [-0.2, 0) is 9.59 Å². The van der Waals surface area contributed by atoms with Crippen LogP contribution in [0.2, 0.25) is 0 Å². The molecule has 0 unspecified atom stereocenters. The van der Waals surface area contributed by atoms with Crippen LogP contribution in [0.5, 0.6) is 5.75 Å². The molecule has 0 bridgehead atoms. The summed E-state index contributed by atoms with van der Waals surface area (Å²) < 4.78 is 5.14. The average Bonchev–Trinajstić information content (AvgIpc) is 2.48. The molecule has 0 radical (unpaired) electrons. The van der Waals surface area contributed by atoms with Gasteiger partial charge in [-0.05, 0) is 24.3 Å². The van der Waals surface area contributed by atoms with Gasteiger partial charge in [-0.25, -0.2) is 9.78 Å². The summed E-state index contributed by atoms with van der Waals surface area (Å²) in [4.78, 5) is 29.3. The van der Waals surface area contributed by atoms with Gasteiger partial charge in [-0.2, -0.15) is 0 Å². The Bertz CT molecular complexity index is 673. The molecule has 0 aliphatic carbocycles. The maximum atomic E-state index is 12.1. The number of hydrogen-bond donors (Lipinski definition) is 1. The zero-order chi connectivity index (χ0) is 14.7. The molecule has 1 aliphatic heterocycles. The summed E-state index contributed by atoms with van der Waals surface area (Å²) in [5.41, 5.74) is 0.730. The number of nitrogens with zero attached hydrogens (tertiary/aromatic N) is 2. The third kappa shape index (κ3) is 3.00. The van der Waals surface area contributed by atoms with Crippen molar-refractivity contribution >= 4 is 23.4 Å². The molecule has 2 heterocycles. The molecule has 0 saturated carbocycles. The molecule has 1 aromatic heterocycles. The fourth-order valence-electron chi connectivity index (χ4n) is 2.13. The van der Waals surface area contributed by atoms with E-state index in [4.69, 9.17) is 4.74 Å². The van der Waals surface area contributed by atoms with Crippen molar-refractivity contribution in [2.24, 2.45) is 0 Å². The van der Waals surface area contributed by atoms with Crippen molar-refractivity contribution in [2.75, 3.05) is 23.3 Å². The molecule has 21 heavy (non-hydrogen) atoms. The van der Waals surface area contributed by atoms with Gasteiger partial charge in [0.25, 0.3) is 0 Å². The first-order valence-corrected chi connectivity index (χ1v) is 6.48. The molecule has 6 heteroatoms. The van der Waals surface area contributed by atoms with Crippen LogP contribution >= 0.6 is 0 Å². The molecule has 3 rings (SSSR count). The fraction of sp³-hybridized carbons (Fsp3) is 0.133. The number of ether oxygens (including phenoxy) is 1. The third-order valence-electron chi connectivity index (χ3n) is 3.02. The Morgan fingerprint density at radius 1 is 1.24 bits per heavy atom. The Morgan fingerprint density at radius 3 is 2.86 bits per heavy atom. The number of aromatic nitrogens is 1. The lowest BCUT2D eigenvalue weighted by Crippen LogP contribution is -2.41. The Labute approximate surface area is 121 Å². The van der Waals surface area contributed by atoms with E-state index in [1.54, 1.807) is 41.4 Å². The minimum atomic E-state index is -0.376. The van der Waals surface area contributed by atoms with Gasteiger partial charge in [0.05, 0.1) is 12.2 Å². The summed E-state index contributed by atoms with van der Waals surface area (Å²) in [5, 5.41) is 2.69. The van der Waals surface area contributed by atoms with Crippen molar-refractivity contribution in [3.63, 3.8) is 0 Å². The number of esters is 1. The standard InChI is InChI=1S/C15H13N3O3/c19-14(17-13-7-3-4-8-16-13)9-18-10-15(20)21-12-6-2-1-5-11(12)18/h1-8H,9-10H2,(H,16,17,19). The molecule has 1 aliphatic rings. The van der Waals surface area contributed by atoms with Gasteiger partial charge in [-0.3, -0.25) is 4.79 Å². The number of rotatable bonds is 3. The Balaban J connectivity index is 1.73. The predicted octanol–water partition coefficient (Wildman–Crippen LogP) is 1.45. The molecule has 0 fully saturated rings. The van der Waals surface area contributed by atoms with Gasteiger partial charge in [0.15, 0.2) is 5.75 Å². The highest BCUT2D eigenvalue weighted by atomic mass is 16.5. The van der Waals surface area contributed by atoms with E-state index in [0.717, 1.165) is 5.69 Å². The van der Waals surface area contributed by atoms with Crippen molar-refractivity contribution < 1.29 is 14.3 Å². The fourth-order valence-corrected chi connectivity index (χ4v) is 2.13. The number of benzene rings is 1. The maximum absolute atomic E-state index is 12.1. The summed E-state index contributed by atoms with van der Waals surface area (Å²) in [6.45, 7) is 0.106. The number of hydrogen-bond acceptors (Lipinski definition) is 5. The van der Waals surface area contributed by atoms with Gasteiger partial charge in [-0.1, -0.05) is 18.2 Å². The smallest absolute Gasteiger partial charge is 0.331 e. The zero-order valence-electron chi connectivity index (χ0n) is 11.2. The second-order valence-electron chi connectivity index (χ2n) is 4.56. The Morgan fingerprint density at radius 2 is 2.05 bits per heavy atom. The van der Waals surface area contributed by atoms with Crippen molar-refractivity contribution in [3.8, 4) is 5.75 Å². The highest BCUT2D eigenvalue weighted by Gasteiger charge is 2.25. The lowest BCUT2D eigenvalue weighted by molar-refractivity contribution is -0.133. The molecule has 0 spiro atoms. The average molecular weight is 283 g/mol. The molecule has 6 nitrogen and oxygen atoms in total. The molecule has 1 aromatic carbocycles. The quantitative estimate of drug-likeness (QED) is 0.682. The second kappa shape index (κ2) is 5.62. The summed E-state index contributed by atoms with van der Waals surface area (Å²) in [6.07, 6.45) is 1.60.